The summed E-state index contributed by atoms with van der Waals surface area (Å²) in [7, 11) is 0. The highest BCUT2D eigenvalue weighted by Crippen LogP contribution is 2.33. The van der Waals surface area contributed by atoms with Crippen LogP contribution in [-0.2, 0) is 6.54 Å². The minimum absolute atomic E-state index is 0.0455. The largest absolute Gasteiger partial charge is 0.408 e. The third-order valence-corrected chi connectivity index (χ3v) is 3.49. The van der Waals surface area contributed by atoms with Crippen molar-refractivity contribution in [2.45, 2.75) is 49.8 Å². The van der Waals surface area contributed by atoms with Gasteiger partial charge in [-0.3, -0.25) is 0 Å². The first-order valence-electron chi connectivity index (χ1n) is 6.09. The summed E-state index contributed by atoms with van der Waals surface area (Å²) in [5.74, 6) is 0.979. The Morgan fingerprint density at radius 1 is 1.29 bits per heavy atom. The molecule has 2 heterocycles. The van der Waals surface area contributed by atoms with Crippen LogP contribution in [0.5, 0.6) is 0 Å². The van der Waals surface area contributed by atoms with Crippen molar-refractivity contribution in [3.05, 3.63) is 11.7 Å². The molecule has 7 nitrogen and oxygen atoms in total. The van der Waals surface area contributed by atoms with Crippen LogP contribution in [0.2, 0.25) is 0 Å². The Labute approximate surface area is 122 Å². The fourth-order valence-electron chi connectivity index (χ4n) is 1.41. The lowest BCUT2D eigenvalue weighted by Crippen LogP contribution is -2.19. The summed E-state index contributed by atoms with van der Waals surface area (Å²) in [6.45, 7) is 4.32. The maximum atomic E-state index is 12.4. The van der Waals surface area contributed by atoms with E-state index in [1.54, 1.807) is 6.92 Å². The van der Waals surface area contributed by atoms with Gasteiger partial charge in [0, 0.05) is 5.92 Å². The fourth-order valence-corrected chi connectivity index (χ4v) is 2.22. The number of rotatable bonds is 5. The molecule has 0 spiro atoms. The Morgan fingerprint density at radius 2 is 2.00 bits per heavy atom. The third kappa shape index (κ3) is 4.16. The van der Waals surface area contributed by atoms with Crippen LogP contribution in [0, 0.1) is 0 Å². The van der Waals surface area contributed by atoms with Crippen molar-refractivity contribution in [1.82, 2.24) is 30.3 Å². The first kappa shape index (κ1) is 15.7. The molecule has 0 unspecified atom stereocenters. The molecule has 1 atom stereocenters. The molecule has 0 aliphatic carbocycles. The number of nitrogens with zero attached hydrogens (tertiary/aromatic N) is 6. The zero-order valence-corrected chi connectivity index (χ0v) is 12.3. The molecule has 0 aliphatic heterocycles. The SMILES string of the molecule is CC(C)c1noc([C@@H](C)Sc2nnnn2CC(F)(F)F)n1. The Balaban J connectivity index is 2.09. The summed E-state index contributed by atoms with van der Waals surface area (Å²) in [4.78, 5) is 4.20. The summed E-state index contributed by atoms with van der Waals surface area (Å²) in [6, 6.07) is 0. The van der Waals surface area contributed by atoms with Gasteiger partial charge in [-0.25, -0.2) is 4.68 Å². The predicted molar refractivity (Wildman–Crippen MR) is 66.5 cm³/mol. The van der Waals surface area contributed by atoms with Crippen LogP contribution in [0.4, 0.5) is 13.2 Å². The van der Waals surface area contributed by atoms with Crippen LogP contribution in [-0.4, -0.2) is 36.5 Å². The highest BCUT2D eigenvalue weighted by molar-refractivity contribution is 7.99. The maximum Gasteiger partial charge on any atom is 0.408 e. The molecule has 2 aromatic rings. The lowest BCUT2D eigenvalue weighted by Gasteiger charge is -2.09. The zero-order valence-electron chi connectivity index (χ0n) is 11.5. The van der Waals surface area contributed by atoms with Gasteiger partial charge in [0.1, 0.15) is 6.54 Å². The van der Waals surface area contributed by atoms with Gasteiger partial charge in [0.05, 0.1) is 5.25 Å². The second-order valence-corrected chi connectivity index (χ2v) is 5.95. The topological polar surface area (TPSA) is 82.5 Å². The molecule has 0 bridgehead atoms. The second-order valence-electron chi connectivity index (χ2n) is 4.64. The van der Waals surface area contributed by atoms with Crippen LogP contribution in [0.25, 0.3) is 0 Å². The van der Waals surface area contributed by atoms with Gasteiger partial charge in [-0.15, -0.1) is 5.10 Å². The Bertz CT molecular complexity index is 596. The average molecular weight is 322 g/mol. The molecule has 11 heteroatoms. The van der Waals surface area contributed by atoms with Crippen molar-refractivity contribution in [2.24, 2.45) is 0 Å². The predicted octanol–water partition coefficient (Wildman–Crippen LogP) is 2.60. The number of tetrazole rings is 1. The van der Waals surface area contributed by atoms with Gasteiger partial charge in [0.15, 0.2) is 5.82 Å². The molecular weight excluding hydrogens is 309 g/mol. The Kier molecular flexibility index (Phi) is 4.49. The molecule has 0 aromatic carbocycles. The van der Waals surface area contributed by atoms with E-state index in [2.05, 4.69) is 25.7 Å². The molecule has 0 saturated carbocycles. The Hall–Kier alpha value is -1.65. The average Bonchev–Trinajstić information content (AvgIpc) is 2.97. The van der Waals surface area contributed by atoms with E-state index in [1.807, 2.05) is 13.8 Å². The number of alkyl halides is 3. The van der Waals surface area contributed by atoms with Crippen molar-refractivity contribution >= 4 is 11.8 Å². The zero-order chi connectivity index (χ0) is 15.6. The number of halogens is 3. The third-order valence-electron chi connectivity index (χ3n) is 2.43. The molecule has 116 valence electrons. The van der Waals surface area contributed by atoms with Crippen molar-refractivity contribution < 1.29 is 17.7 Å². The summed E-state index contributed by atoms with van der Waals surface area (Å²) in [5, 5.41) is 13.7. The van der Waals surface area contributed by atoms with Crippen LogP contribution < -0.4 is 0 Å². The van der Waals surface area contributed by atoms with Crippen LogP contribution >= 0.6 is 11.8 Å². The molecular formula is C10H13F3N6OS. The smallest absolute Gasteiger partial charge is 0.338 e. The first-order valence-corrected chi connectivity index (χ1v) is 6.97. The van der Waals surface area contributed by atoms with Gasteiger partial charge < -0.3 is 4.52 Å². The van der Waals surface area contributed by atoms with Gasteiger partial charge >= 0.3 is 6.18 Å². The van der Waals surface area contributed by atoms with Crippen molar-refractivity contribution in [2.75, 3.05) is 0 Å². The van der Waals surface area contributed by atoms with Crippen LogP contribution in [0.1, 0.15) is 43.7 Å². The quantitative estimate of drug-likeness (QED) is 0.782. The second kappa shape index (κ2) is 6.00. The lowest BCUT2D eigenvalue weighted by molar-refractivity contribution is -0.144. The minimum atomic E-state index is -4.39. The van der Waals surface area contributed by atoms with Crippen LogP contribution in [0.3, 0.4) is 0 Å². The van der Waals surface area contributed by atoms with Gasteiger partial charge in [-0.1, -0.05) is 30.8 Å². The van der Waals surface area contributed by atoms with Gasteiger partial charge in [0.2, 0.25) is 11.0 Å². The lowest BCUT2D eigenvalue weighted by atomic mass is 10.2. The minimum Gasteiger partial charge on any atom is -0.338 e. The Morgan fingerprint density at radius 3 is 2.57 bits per heavy atom. The van der Waals surface area contributed by atoms with Gasteiger partial charge in [-0.2, -0.15) is 18.2 Å². The maximum absolute atomic E-state index is 12.4. The van der Waals surface area contributed by atoms with Gasteiger partial charge in [-0.05, 0) is 17.4 Å². The summed E-state index contributed by atoms with van der Waals surface area (Å²) in [5.41, 5.74) is 0. The standard InChI is InChI=1S/C10H13F3N6OS/c1-5(2)7-14-8(20-16-7)6(3)21-9-15-17-18-19(9)4-10(11,12)13/h5-6H,4H2,1-3H3/t6-/m1/s1. The number of thioether (sulfide) groups is 1. The molecule has 2 aromatic heterocycles. The number of hydrogen-bond acceptors (Lipinski definition) is 7. The monoisotopic (exact) mass is 322 g/mol. The molecule has 0 fully saturated rings. The van der Waals surface area contributed by atoms with Crippen molar-refractivity contribution in [3.63, 3.8) is 0 Å². The van der Waals surface area contributed by atoms with E-state index in [0.717, 1.165) is 11.8 Å². The molecule has 0 radical (unpaired) electrons. The fraction of sp³-hybridized carbons (Fsp3) is 0.700. The van der Waals surface area contributed by atoms with E-state index < -0.39 is 12.7 Å². The summed E-state index contributed by atoms with van der Waals surface area (Å²) in [6.07, 6.45) is -4.39. The molecule has 0 saturated heterocycles. The molecule has 0 aliphatic rings. The molecule has 0 N–H and O–H groups in total. The summed E-state index contributed by atoms with van der Waals surface area (Å²) >= 11 is 1.03. The van der Waals surface area contributed by atoms with E-state index in [9.17, 15) is 13.2 Å². The molecule has 0 amide bonds. The highest BCUT2D eigenvalue weighted by atomic mass is 32.2. The number of aromatic nitrogens is 6. The van der Waals surface area contributed by atoms with Gasteiger partial charge in [0.25, 0.3) is 0 Å². The molecule has 21 heavy (non-hydrogen) atoms. The van der Waals surface area contributed by atoms with Crippen molar-refractivity contribution in [3.8, 4) is 0 Å². The van der Waals surface area contributed by atoms with E-state index in [4.69, 9.17) is 4.52 Å². The number of hydrogen-bond donors (Lipinski definition) is 0. The van der Waals surface area contributed by atoms with E-state index in [1.165, 1.54) is 0 Å². The highest BCUT2D eigenvalue weighted by Gasteiger charge is 2.31. The van der Waals surface area contributed by atoms with E-state index >= 15 is 0 Å². The summed E-state index contributed by atoms with van der Waals surface area (Å²) < 4.78 is 42.9. The first-order chi connectivity index (χ1) is 9.76. The normalized spacial score (nSPS) is 13.9. The van der Waals surface area contributed by atoms with Crippen molar-refractivity contribution in [1.29, 1.82) is 0 Å². The molecule has 2 rings (SSSR count). The van der Waals surface area contributed by atoms with E-state index in [-0.39, 0.29) is 16.3 Å². The van der Waals surface area contributed by atoms with E-state index in [0.29, 0.717) is 16.4 Å². The van der Waals surface area contributed by atoms with Crippen LogP contribution in [0.15, 0.2) is 9.68 Å².